The molecule has 0 aliphatic heterocycles. The number of hydrogen-bond acceptors (Lipinski definition) is 1. The van der Waals surface area contributed by atoms with E-state index in [2.05, 4.69) is 6.58 Å². The minimum atomic E-state index is 0.749. The molecule has 0 saturated heterocycles. The molecule has 7 heavy (non-hydrogen) atoms. The summed E-state index contributed by atoms with van der Waals surface area (Å²) < 4.78 is 0.912. The average molecular weight is 266 g/mol. The van der Waals surface area contributed by atoms with E-state index in [1.54, 1.807) is 6.08 Å². The normalized spacial score (nSPS) is 7.43. The molecule has 0 radical (unpaired) electrons. The van der Waals surface area contributed by atoms with Crippen molar-refractivity contribution in [3.8, 4) is 0 Å². The number of aldehydes is 1. The summed E-state index contributed by atoms with van der Waals surface area (Å²) in [4.78, 5) is 9.83. The molecule has 0 aliphatic rings. The summed E-state index contributed by atoms with van der Waals surface area (Å²) in [6.07, 6.45) is 3.37. The molecule has 2 heteroatoms. The Balaban J connectivity index is 3.36. The van der Waals surface area contributed by atoms with E-state index in [0.717, 1.165) is 16.6 Å². The number of carbonyl (C=O) groups is 1. The van der Waals surface area contributed by atoms with Gasteiger partial charge in [-0.25, -0.2) is 0 Å². The standard InChI is InChI=1S/C5H6O.W/c1-2-3-4-5-6;/h2,5H,1,3H2;. The Hall–Kier alpha value is -0.0317. The first-order chi connectivity index (χ1) is 3.31. The second-order valence-corrected chi connectivity index (χ2v) is 2.96. The molecule has 0 aromatic rings. The average Bonchev–Trinajstić information content (AvgIpc) is 1.68. The molecular weight excluding hydrogens is 260 g/mol. The molecular formula is C5H6OW. The van der Waals surface area contributed by atoms with Gasteiger partial charge in [-0.2, -0.15) is 0 Å². The maximum absolute atomic E-state index is 9.83. The first kappa shape index (κ1) is 6.97. The molecule has 0 atom stereocenters. The molecule has 0 bridgehead atoms. The van der Waals surface area contributed by atoms with E-state index in [1.807, 2.05) is 0 Å². The van der Waals surface area contributed by atoms with Gasteiger partial charge < -0.3 is 0 Å². The van der Waals surface area contributed by atoms with Crippen LogP contribution in [0.1, 0.15) is 6.42 Å². The fraction of sp³-hybridized carbons (Fsp3) is 0.200. The molecule has 0 heterocycles. The first-order valence-electron chi connectivity index (χ1n) is 1.90. The van der Waals surface area contributed by atoms with Gasteiger partial charge in [-0.3, -0.25) is 0 Å². The van der Waals surface area contributed by atoms with Gasteiger partial charge >= 0.3 is 53.4 Å². The molecule has 0 aliphatic carbocycles. The topological polar surface area (TPSA) is 17.1 Å². The van der Waals surface area contributed by atoms with Crippen molar-refractivity contribution in [2.45, 2.75) is 6.42 Å². The summed E-state index contributed by atoms with van der Waals surface area (Å²) in [5.74, 6) is 0. The van der Waals surface area contributed by atoms with E-state index < -0.39 is 0 Å². The zero-order chi connectivity index (χ0) is 5.70. The van der Waals surface area contributed by atoms with Gasteiger partial charge in [0.15, 0.2) is 0 Å². The van der Waals surface area contributed by atoms with Gasteiger partial charge in [0.25, 0.3) is 0 Å². The Kier molecular flexibility index (Phi) is 4.12. The van der Waals surface area contributed by atoms with Crippen LogP contribution in [0, 0.1) is 0 Å². The summed E-state index contributed by atoms with van der Waals surface area (Å²) in [5, 5.41) is 0. The van der Waals surface area contributed by atoms with Crippen molar-refractivity contribution in [2.75, 3.05) is 0 Å². The van der Waals surface area contributed by atoms with Crippen LogP contribution in [0.5, 0.6) is 0 Å². The first-order valence-corrected chi connectivity index (χ1v) is 3.37. The SMILES string of the molecule is C=CC[C](=[W])C=O. The number of rotatable bonds is 3. The molecule has 0 saturated carbocycles. The number of allylic oxidation sites excluding steroid dienone is 1. The van der Waals surface area contributed by atoms with E-state index in [9.17, 15) is 4.79 Å². The Morgan fingerprint density at radius 3 is 2.57 bits per heavy atom. The van der Waals surface area contributed by atoms with Gasteiger partial charge in [-0.15, -0.1) is 0 Å². The van der Waals surface area contributed by atoms with Crippen molar-refractivity contribution in [1.29, 1.82) is 0 Å². The van der Waals surface area contributed by atoms with Gasteiger partial charge in [-0.1, -0.05) is 0 Å². The van der Waals surface area contributed by atoms with E-state index in [-0.39, 0.29) is 0 Å². The molecule has 0 aromatic heterocycles. The predicted molar refractivity (Wildman–Crippen MR) is 25.9 cm³/mol. The predicted octanol–water partition coefficient (Wildman–Crippen LogP) is 0.481. The summed E-state index contributed by atoms with van der Waals surface area (Å²) in [6.45, 7) is 3.48. The Bertz CT molecular complexity index is 96.3. The molecule has 38 valence electrons. The van der Waals surface area contributed by atoms with Gasteiger partial charge in [0.1, 0.15) is 0 Å². The van der Waals surface area contributed by atoms with E-state index >= 15 is 0 Å². The zero-order valence-electron chi connectivity index (χ0n) is 3.89. The molecule has 0 unspecified atom stereocenters. The van der Waals surface area contributed by atoms with Crippen LogP contribution in [0.15, 0.2) is 12.7 Å². The van der Waals surface area contributed by atoms with Gasteiger partial charge in [0.2, 0.25) is 0 Å². The minimum absolute atomic E-state index is 0.749. The Labute approximate surface area is 53.8 Å². The van der Waals surface area contributed by atoms with Crippen LogP contribution in [0.4, 0.5) is 0 Å². The number of hydrogen-bond donors (Lipinski definition) is 0. The van der Waals surface area contributed by atoms with Crippen molar-refractivity contribution in [1.82, 2.24) is 0 Å². The Morgan fingerprint density at radius 1 is 1.86 bits per heavy atom. The third kappa shape index (κ3) is 3.81. The second kappa shape index (κ2) is 4.14. The summed E-state index contributed by atoms with van der Waals surface area (Å²) in [6, 6.07) is 0. The van der Waals surface area contributed by atoms with Crippen LogP contribution in [-0.4, -0.2) is 10.2 Å². The third-order valence-electron chi connectivity index (χ3n) is 0.477. The van der Waals surface area contributed by atoms with E-state index in [1.165, 1.54) is 19.4 Å². The van der Waals surface area contributed by atoms with E-state index in [0.29, 0.717) is 0 Å². The molecule has 0 rings (SSSR count). The van der Waals surface area contributed by atoms with Crippen LogP contribution in [0.2, 0.25) is 0 Å². The van der Waals surface area contributed by atoms with Crippen LogP contribution >= 0.6 is 0 Å². The molecule has 0 N–H and O–H groups in total. The van der Waals surface area contributed by atoms with Crippen LogP contribution < -0.4 is 0 Å². The molecule has 0 fully saturated rings. The van der Waals surface area contributed by atoms with Crippen molar-refractivity contribution in [3.63, 3.8) is 0 Å². The second-order valence-electron chi connectivity index (χ2n) is 1.08. The van der Waals surface area contributed by atoms with Crippen LogP contribution in [0.3, 0.4) is 0 Å². The third-order valence-corrected chi connectivity index (χ3v) is 1.42. The molecule has 0 amide bonds. The fourth-order valence-corrected chi connectivity index (χ4v) is 0.614. The summed E-state index contributed by atoms with van der Waals surface area (Å²) >= 11 is 1.24. The van der Waals surface area contributed by atoms with Gasteiger partial charge in [0, 0.05) is 0 Å². The fourth-order valence-electron chi connectivity index (χ4n) is 0.190. The summed E-state index contributed by atoms with van der Waals surface area (Å²) in [5.41, 5.74) is 0. The summed E-state index contributed by atoms with van der Waals surface area (Å²) in [7, 11) is 0. The van der Waals surface area contributed by atoms with Crippen molar-refractivity contribution >= 4 is 10.2 Å². The quantitative estimate of drug-likeness (QED) is 0.536. The van der Waals surface area contributed by atoms with Crippen molar-refractivity contribution in [3.05, 3.63) is 12.7 Å². The molecule has 1 nitrogen and oxygen atoms in total. The van der Waals surface area contributed by atoms with Crippen LogP contribution in [-0.2, 0) is 24.1 Å². The Morgan fingerprint density at radius 2 is 2.43 bits per heavy atom. The van der Waals surface area contributed by atoms with Crippen molar-refractivity contribution < 1.29 is 24.1 Å². The maximum atomic E-state index is 9.83. The number of carbonyl (C=O) groups excluding carboxylic acids is 1. The van der Waals surface area contributed by atoms with Gasteiger partial charge in [-0.05, 0) is 0 Å². The van der Waals surface area contributed by atoms with Gasteiger partial charge in [0.05, 0.1) is 0 Å². The monoisotopic (exact) mass is 266 g/mol. The molecule has 0 aromatic carbocycles. The van der Waals surface area contributed by atoms with Crippen LogP contribution in [0.25, 0.3) is 0 Å². The van der Waals surface area contributed by atoms with E-state index in [4.69, 9.17) is 0 Å². The van der Waals surface area contributed by atoms with Crippen molar-refractivity contribution in [2.24, 2.45) is 0 Å². The molecule has 0 spiro atoms. The zero-order valence-corrected chi connectivity index (χ0v) is 6.82.